The highest BCUT2D eigenvalue weighted by Gasteiger charge is 2.22. The van der Waals surface area contributed by atoms with Gasteiger partial charge in [-0.15, -0.1) is 0 Å². The van der Waals surface area contributed by atoms with Crippen LogP contribution >= 0.6 is 0 Å². The van der Waals surface area contributed by atoms with E-state index < -0.39 is 12.0 Å². The van der Waals surface area contributed by atoms with Crippen molar-refractivity contribution in [2.45, 2.75) is 19.4 Å². The maximum Gasteiger partial charge on any atom is 0.303 e. The molecule has 0 unspecified atom stereocenters. The number of carbonyl (C=O) groups excluding carboxylic acids is 2. The number of esters is 1. The standard InChI is InChI=1S/C9H18N2O3/c1-7(12)14-8(5-9(10)13)6-11(2,3)4/h8H,5-6H2,1-4H3,(H-,10,13)/p+1/t8-/m0/s1. The Hall–Kier alpha value is -1.10. The van der Waals surface area contributed by atoms with Gasteiger partial charge in [0, 0.05) is 6.92 Å². The summed E-state index contributed by atoms with van der Waals surface area (Å²) < 4.78 is 5.60. The third kappa shape index (κ3) is 7.54. The summed E-state index contributed by atoms with van der Waals surface area (Å²) in [4.78, 5) is 21.4. The zero-order valence-corrected chi connectivity index (χ0v) is 9.24. The van der Waals surface area contributed by atoms with Crippen LogP contribution in [0, 0.1) is 0 Å². The second kappa shape index (κ2) is 4.95. The van der Waals surface area contributed by atoms with Gasteiger partial charge in [0.2, 0.25) is 5.91 Å². The zero-order valence-electron chi connectivity index (χ0n) is 9.24. The van der Waals surface area contributed by atoms with Gasteiger partial charge in [0.25, 0.3) is 0 Å². The summed E-state index contributed by atoms with van der Waals surface area (Å²) >= 11 is 0. The van der Waals surface area contributed by atoms with E-state index in [4.69, 9.17) is 10.5 Å². The second-order valence-corrected chi connectivity index (χ2v) is 4.37. The maximum atomic E-state index is 10.7. The van der Waals surface area contributed by atoms with Crippen molar-refractivity contribution in [1.82, 2.24) is 0 Å². The highest BCUT2D eigenvalue weighted by Crippen LogP contribution is 2.04. The third-order valence-corrected chi connectivity index (χ3v) is 1.51. The first-order valence-electron chi connectivity index (χ1n) is 4.46. The van der Waals surface area contributed by atoms with E-state index in [-0.39, 0.29) is 12.4 Å². The fraction of sp³-hybridized carbons (Fsp3) is 0.778. The summed E-state index contributed by atoms with van der Waals surface area (Å²) in [7, 11) is 5.87. The molecule has 1 amide bonds. The number of quaternary nitrogens is 1. The van der Waals surface area contributed by atoms with Crippen LogP contribution in [-0.4, -0.2) is 50.2 Å². The van der Waals surface area contributed by atoms with Gasteiger partial charge in [-0.25, -0.2) is 0 Å². The molecule has 0 spiro atoms. The van der Waals surface area contributed by atoms with Gasteiger partial charge in [-0.3, -0.25) is 9.59 Å². The number of hydrogen-bond donors (Lipinski definition) is 1. The van der Waals surface area contributed by atoms with Gasteiger partial charge < -0.3 is 15.0 Å². The number of primary amides is 1. The molecule has 5 nitrogen and oxygen atoms in total. The van der Waals surface area contributed by atoms with Crippen LogP contribution in [0.2, 0.25) is 0 Å². The van der Waals surface area contributed by atoms with Crippen molar-refractivity contribution >= 4 is 11.9 Å². The third-order valence-electron chi connectivity index (χ3n) is 1.51. The zero-order chi connectivity index (χ0) is 11.4. The van der Waals surface area contributed by atoms with E-state index in [1.807, 2.05) is 21.1 Å². The number of carbonyl (C=O) groups is 2. The Bertz CT molecular complexity index is 205. The summed E-state index contributed by atoms with van der Waals surface area (Å²) in [5.74, 6) is -0.839. The average molecular weight is 203 g/mol. The smallest absolute Gasteiger partial charge is 0.303 e. The van der Waals surface area contributed by atoms with Crippen LogP contribution in [0.5, 0.6) is 0 Å². The summed E-state index contributed by atoms with van der Waals surface area (Å²) in [6.45, 7) is 1.90. The fourth-order valence-electron chi connectivity index (χ4n) is 1.21. The summed E-state index contributed by atoms with van der Waals surface area (Å²) in [5.41, 5.74) is 5.05. The van der Waals surface area contributed by atoms with E-state index in [1.54, 1.807) is 0 Å². The molecule has 1 atom stereocenters. The van der Waals surface area contributed by atoms with Crippen molar-refractivity contribution in [2.24, 2.45) is 5.73 Å². The lowest BCUT2D eigenvalue weighted by Gasteiger charge is -2.28. The predicted molar refractivity (Wildman–Crippen MR) is 52.3 cm³/mol. The largest absolute Gasteiger partial charge is 0.456 e. The van der Waals surface area contributed by atoms with Gasteiger partial charge in [-0.2, -0.15) is 0 Å². The lowest BCUT2D eigenvalue weighted by Crippen LogP contribution is -2.44. The van der Waals surface area contributed by atoms with Gasteiger partial charge in [-0.05, 0) is 0 Å². The monoisotopic (exact) mass is 203 g/mol. The van der Waals surface area contributed by atoms with Crippen molar-refractivity contribution in [2.75, 3.05) is 27.7 Å². The van der Waals surface area contributed by atoms with Crippen LogP contribution in [-0.2, 0) is 14.3 Å². The molecule has 5 heteroatoms. The molecule has 0 aromatic rings. The Morgan fingerprint density at radius 3 is 2.14 bits per heavy atom. The molecule has 0 aliphatic rings. The van der Waals surface area contributed by atoms with E-state index in [0.29, 0.717) is 11.0 Å². The van der Waals surface area contributed by atoms with E-state index in [1.165, 1.54) is 6.92 Å². The number of nitrogens with two attached hydrogens (primary N) is 1. The van der Waals surface area contributed by atoms with E-state index in [0.717, 1.165) is 0 Å². The Balaban J connectivity index is 4.24. The molecule has 2 N–H and O–H groups in total. The van der Waals surface area contributed by atoms with Gasteiger partial charge in [0.15, 0.2) is 6.10 Å². The molecule has 0 aliphatic heterocycles. The number of hydrogen-bond acceptors (Lipinski definition) is 3. The van der Waals surface area contributed by atoms with Crippen LogP contribution in [0.4, 0.5) is 0 Å². The first-order chi connectivity index (χ1) is 6.20. The molecule has 0 heterocycles. The number of rotatable bonds is 5. The Labute approximate surface area is 84.4 Å². The number of amides is 1. The minimum Gasteiger partial charge on any atom is -0.456 e. The fourth-order valence-corrected chi connectivity index (χ4v) is 1.21. The van der Waals surface area contributed by atoms with Crippen LogP contribution in [0.1, 0.15) is 13.3 Å². The summed E-state index contributed by atoms with van der Waals surface area (Å²) in [6, 6.07) is 0. The first kappa shape index (κ1) is 12.9. The molecule has 14 heavy (non-hydrogen) atoms. The lowest BCUT2D eigenvalue weighted by atomic mass is 10.2. The molecule has 0 fully saturated rings. The molecular weight excluding hydrogens is 184 g/mol. The molecule has 0 saturated heterocycles. The first-order valence-corrected chi connectivity index (χ1v) is 4.46. The van der Waals surface area contributed by atoms with Crippen molar-refractivity contribution < 1.29 is 18.8 Å². The van der Waals surface area contributed by atoms with Crippen LogP contribution in [0.25, 0.3) is 0 Å². The predicted octanol–water partition coefficient (Wildman–Crippen LogP) is -0.500. The minimum absolute atomic E-state index is 0.0785. The number of likely N-dealkylation sites (N-methyl/N-ethyl adjacent to an activating group) is 1. The highest BCUT2D eigenvalue weighted by atomic mass is 16.5. The van der Waals surface area contributed by atoms with E-state index in [2.05, 4.69) is 0 Å². The topological polar surface area (TPSA) is 69.4 Å². The molecule has 0 saturated carbocycles. The Kier molecular flexibility index (Phi) is 4.56. The van der Waals surface area contributed by atoms with Gasteiger partial charge in [0.05, 0.1) is 27.6 Å². The lowest BCUT2D eigenvalue weighted by molar-refractivity contribution is -0.873. The normalized spacial score (nSPS) is 13.4. The molecule has 0 aromatic carbocycles. The number of nitrogens with zero attached hydrogens (tertiary/aromatic N) is 1. The van der Waals surface area contributed by atoms with Crippen LogP contribution in [0.15, 0.2) is 0 Å². The second-order valence-electron chi connectivity index (χ2n) is 4.37. The van der Waals surface area contributed by atoms with E-state index >= 15 is 0 Å². The average Bonchev–Trinajstić information content (AvgIpc) is 1.77. The van der Waals surface area contributed by atoms with Gasteiger partial charge in [0.1, 0.15) is 6.54 Å². The van der Waals surface area contributed by atoms with Crippen LogP contribution in [0.3, 0.4) is 0 Å². The van der Waals surface area contributed by atoms with Crippen molar-refractivity contribution in [3.8, 4) is 0 Å². The summed E-state index contributed by atoms with van der Waals surface area (Å²) in [6.07, 6.45) is -0.347. The molecular formula is C9H19N2O3+. The minimum atomic E-state index is -0.454. The molecule has 0 bridgehead atoms. The Morgan fingerprint density at radius 2 is 1.86 bits per heavy atom. The molecule has 82 valence electrons. The Morgan fingerprint density at radius 1 is 1.36 bits per heavy atom. The van der Waals surface area contributed by atoms with Gasteiger partial charge >= 0.3 is 5.97 Å². The van der Waals surface area contributed by atoms with Crippen molar-refractivity contribution in [3.63, 3.8) is 0 Å². The maximum absolute atomic E-state index is 10.7. The quantitative estimate of drug-likeness (QED) is 0.484. The molecule has 0 aromatic heterocycles. The van der Waals surface area contributed by atoms with Crippen molar-refractivity contribution in [3.05, 3.63) is 0 Å². The van der Waals surface area contributed by atoms with Gasteiger partial charge in [-0.1, -0.05) is 0 Å². The number of ether oxygens (including phenoxy) is 1. The molecule has 0 rings (SSSR count). The van der Waals surface area contributed by atoms with Crippen LogP contribution < -0.4 is 5.73 Å². The van der Waals surface area contributed by atoms with E-state index in [9.17, 15) is 9.59 Å². The SMILES string of the molecule is CC(=O)O[C@@H](CC(N)=O)C[N+](C)(C)C. The summed E-state index contributed by atoms with van der Waals surface area (Å²) in [5, 5.41) is 0. The molecule has 0 aliphatic carbocycles. The van der Waals surface area contributed by atoms with Crippen molar-refractivity contribution in [1.29, 1.82) is 0 Å². The highest BCUT2D eigenvalue weighted by molar-refractivity contribution is 5.75. The molecule has 0 radical (unpaired) electrons.